The highest BCUT2D eigenvalue weighted by Crippen LogP contribution is 2.24. The number of aryl methyl sites for hydroxylation is 1. The van der Waals surface area contributed by atoms with Crippen LogP contribution in [0, 0.1) is 6.92 Å². The Morgan fingerprint density at radius 3 is 2.80 bits per heavy atom. The van der Waals surface area contributed by atoms with Crippen LogP contribution >= 0.6 is 11.6 Å². The van der Waals surface area contributed by atoms with Crippen molar-refractivity contribution in [1.82, 2.24) is 15.0 Å². The van der Waals surface area contributed by atoms with Gasteiger partial charge in [0.15, 0.2) is 0 Å². The molecule has 8 nitrogen and oxygen atoms in total. The van der Waals surface area contributed by atoms with E-state index in [9.17, 15) is 4.79 Å². The Hall–Kier alpha value is -3.13. The number of hydrogen-bond donors (Lipinski definition) is 3. The fraction of sp³-hybridized carbons (Fsp3) is 0.125. The van der Waals surface area contributed by atoms with E-state index in [2.05, 4.69) is 30.9 Å². The van der Waals surface area contributed by atoms with Crippen molar-refractivity contribution in [2.75, 3.05) is 23.0 Å². The summed E-state index contributed by atoms with van der Waals surface area (Å²) in [5, 5.41) is 8.85. The molecule has 0 aliphatic carbocycles. The Kier molecular flexibility index (Phi) is 4.80. The van der Waals surface area contributed by atoms with Gasteiger partial charge in [0.2, 0.25) is 5.95 Å². The van der Waals surface area contributed by atoms with Crippen molar-refractivity contribution in [3.05, 3.63) is 53.0 Å². The van der Waals surface area contributed by atoms with E-state index >= 15 is 0 Å². The van der Waals surface area contributed by atoms with E-state index in [0.29, 0.717) is 22.5 Å². The maximum absolute atomic E-state index is 12.3. The summed E-state index contributed by atoms with van der Waals surface area (Å²) >= 11 is 6.13. The average molecular weight is 359 g/mol. The second-order valence-electron chi connectivity index (χ2n) is 5.08. The molecule has 128 valence electrons. The molecule has 25 heavy (non-hydrogen) atoms. The Bertz CT molecular complexity index is 898. The molecule has 2 heterocycles. The molecule has 1 aromatic carbocycles. The summed E-state index contributed by atoms with van der Waals surface area (Å²) < 4.78 is 5.00. The van der Waals surface area contributed by atoms with Crippen LogP contribution in [0.25, 0.3) is 0 Å². The molecule has 0 aliphatic rings. The van der Waals surface area contributed by atoms with E-state index in [1.165, 1.54) is 12.5 Å². The number of aromatic nitrogens is 3. The zero-order valence-electron chi connectivity index (χ0n) is 13.5. The fourth-order valence-electron chi connectivity index (χ4n) is 2.11. The lowest BCUT2D eigenvalue weighted by Gasteiger charge is -2.10. The molecule has 3 aromatic rings. The number of rotatable bonds is 5. The monoisotopic (exact) mass is 358 g/mol. The Labute approximate surface area is 148 Å². The van der Waals surface area contributed by atoms with Gasteiger partial charge < -0.3 is 15.1 Å². The SMILES string of the molecule is CNc1cc(C)nc(Nc2ccc(Cl)c(C(=O)Nc3ncco3)c2)n1. The summed E-state index contributed by atoms with van der Waals surface area (Å²) in [5.41, 5.74) is 1.69. The van der Waals surface area contributed by atoms with Gasteiger partial charge in [0.25, 0.3) is 5.91 Å². The second kappa shape index (κ2) is 7.18. The van der Waals surface area contributed by atoms with Gasteiger partial charge in [-0.1, -0.05) is 11.6 Å². The van der Waals surface area contributed by atoms with Crippen LogP contribution in [-0.4, -0.2) is 27.9 Å². The minimum Gasteiger partial charge on any atom is -0.432 e. The number of nitrogens with one attached hydrogen (secondary N) is 3. The third kappa shape index (κ3) is 4.04. The van der Waals surface area contributed by atoms with Crippen LogP contribution in [0.2, 0.25) is 5.02 Å². The summed E-state index contributed by atoms with van der Waals surface area (Å²) in [6.45, 7) is 1.87. The topological polar surface area (TPSA) is 105 Å². The van der Waals surface area contributed by atoms with Gasteiger partial charge in [-0.3, -0.25) is 10.1 Å². The van der Waals surface area contributed by atoms with Crippen molar-refractivity contribution < 1.29 is 9.21 Å². The summed E-state index contributed by atoms with van der Waals surface area (Å²) in [6, 6.07) is 6.87. The number of benzene rings is 1. The number of carbonyl (C=O) groups excluding carboxylic acids is 1. The maximum Gasteiger partial charge on any atom is 0.301 e. The molecule has 0 radical (unpaired) electrons. The van der Waals surface area contributed by atoms with E-state index in [1.807, 2.05) is 13.0 Å². The van der Waals surface area contributed by atoms with Gasteiger partial charge in [0.1, 0.15) is 12.1 Å². The molecule has 2 aromatic heterocycles. The van der Waals surface area contributed by atoms with Crippen LogP contribution in [0.4, 0.5) is 23.5 Å². The predicted octanol–water partition coefficient (Wildman–Crippen LogP) is 3.46. The number of nitrogens with zero attached hydrogens (tertiary/aromatic N) is 3. The number of hydrogen-bond acceptors (Lipinski definition) is 7. The van der Waals surface area contributed by atoms with Gasteiger partial charge >= 0.3 is 6.01 Å². The molecular weight excluding hydrogens is 344 g/mol. The molecule has 1 amide bonds. The van der Waals surface area contributed by atoms with Crippen molar-refractivity contribution in [3.63, 3.8) is 0 Å². The Morgan fingerprint density at radius 2 is 2.08 bits per heavy atom. The van der Waals surface area contributed by atoms with Crippen molar-refractivity contribution >= 4 is 41.0 Å². The summed E-state index contributed by atoms with van der Waals surface area (Å²) in [5.74, 6) is 0.661. The highest BCUT2D eigenvalue weighted by molar-refractivity contribution is 6.34. The third-order valence-corrected chi connectivity index (χ3v) is 3.56. The van der Waals surface area contributed by atoms with E-state index in [4.69, 9.17) is 16.0 Å². The number of carbonyl (C=O) groups is 1. The van der Waals surface area contributed by atoms with Crippen LogP contribution in [0.5, 0.6) is 0 Å². The molecule has 9 heteroatoms. The van der Waals surface area contributed by atoms with E-state index < -0.39 is 5.91 Å². The van der Waals surface area contributed by atoms with E-state index in [1.54, 1.807) is 25.2 Å². The van der Waals surface area contributed by atoms with Crippen LogP contribution in [-0.2, 0) is 0 Å². The number of halogens is 1. The van der Waals surface area contributed by atoms with Crippen LogP contribution < -0.4 is 16.0 Å². The zero-order valence-corrected chi connectivity index (χ0v) is 14.3. The first-order valence-corrected chi connectivity index (χ1v) is 7.74. The fourth-order valence-corrected chi connectivity index (χ4v) is 2.31. The molecule has 0 unspecified atom stereocenters. The minimum absolute atomic E-state index is 0.0973. The van der Waals surface area contributed by atoms with Gasteiger partial charge in [0, 0.05) is 24.5 Å². The standard InChI is InChI=1S/C16H15ClN6O2/c1-9-7-13(18-2)22-15(20-9)21-10-3-4-12(17)11(8-10)14(24)23-16-19-5-6-25-16/h3-8H,1-2H3,(H,19,23,24)(H2,18,20,21,22). The molecule has 0 bridgehead atoms. The molecule has 0 aliphatic heterocycles. The van der Waals surface area contributed by atoms with Gasteiger partial charge in [0.05, 0.1) is 16.8 Å². The van der Waals surface area contributed by atoms with Crippen molar-refractivity contribution in [3.8, 4) is 0 Å². The van der Waals surface area contributed by atoms with Crippen LogP contribution in [0.1, 0.15) is 16.1 Å². The number of amides is 1. The number of anilines is 4. The third-order valence-electron chi connectivity index (χ3n) is 3.23. The molecule has 0 atom stereocenters. The lowest BCUT2D eigenvalue weighted by atomic mass is 10.2. The first-order valence-electron chi connectivity index (χ1n) is 7.36. The van der Waals surface area contributed by atoms with Crippen LogP contribution in [0.3, 0.4) is 0 Å². The van der Waals surface area contributed by atoms with Gasteiger partial charge in [-0.2, -0.15) is 4.98 Å². The lowest BCUT2D eigenvalue weighted by Crippen LogP contribution is -2.13. The average Bonchev–Trinajstić information content (AvgIpc) is 3.09. The Morgan fingerprint density at radius 1 is 1.24 bits per heavy atom. The predicted molar refractivity (Wildman–Crippen MR) is 95.5 cm³/mol. The summed E-state index contributed by atoms with van der Waals surface area (Å²) in [6.07, 6.45) is 2.80. The highest BCUT2D eigenvalue weighted by Gasteiger charge is 2.14. The second-order valence-corrected chi connectivity index (χ2v) is 5.49. The summed E-state index contributed by atoms with van der Waals surface area (Å²) in [4.78, 5) is 24.8. The molecule has 0 fully saturated rings. The smallest absolute Gasteiger partial charge is 0.301 e. The van der Waals surface area contributed by atoms with E-state index in [0.717, 1.165) is 5.69 Å². The van der Waals surface area contributed by atoms with Crippen LogP contribution in [0.15, 0.2) is 41.1 Å². The van der Waals surface area contributed by atoms with Gasteiger partial charge in [-0.25, -0.2) is 9.97 Å². The van der Waals surface area contributed by atoms with Crippen molar-refractivity contribution in [2.24, 2.45) is 0 Å². The minimum atomic E-state index is -0.433. The molecular formula is C16H15ClN6O2. The maximum atomic E-state index is 12.3. The summed E-state index contributed by atoms with van der Waals surface area (Å²) in [7, 11) is 1.78. The quantitative estimate of drug-likeness (QED) is 0.641. The first kappa shape index (κ1) is 16.7. The molecule has 0 spiro atoms. The first-order chi connectivity index (χ1) is 12.0. The zero-order chi connectivity index (χ0) is 17.8. The van der Waals surface area contributed by atoms with Crippen molar-refractivity contribution in [1.29, 1.82) is 0 Å². The van der Waals surface area contributed by atoms with E-state index in [-0.39, 0.29) is 11.6 Å². The van der Waals surface area contributed by atoms with Gasteiger partial charge in [-0.05, 0) is 25.1 Å². The Balaban J connectivity index is 1.84. The lowest BCUT2D eigenvalue weighted by molar-refractivity contribution is 0.102. The normalized spacial score (nSPS) is 10.4. The largest absolute Gasteiger partial charge is 0.432 e. The number of oxazole rings is 1. The van der Waals surface area contributed by atoms with Crippen molar-refractivity contribution in [2.45, 2.75) is 6.92 Å². The molecule has 3 N–H and O–H groups in total. The molecule has 3 rings (SSSR count). The molecule has 0 saturated heterocycles. The highest BCUT2D eigenvalue weighted by atomic mass is 35.5. The van der Waals surface area contributed by atoms with Gasteiger partial charge in [-0.15, -0.1) is 0 Å². The molecule has 0 saturated carbocycles.